The highest BCUT2D eigenvalue weighted by molar-refractivity contribution is 7.19. The van der Waals surface area contributed by atoms with E-state index in [9.17, 15) is 5.11 Å². The second-order valence-electron chi connectivity index (χ2n) is 2.40. The third kappa shape index (κ3) is 0.973. The summed E-state index contributed by atoms with van der Waals surface area (Å²) in [6.45, 7) is 2.02. The molecule has 11 heavy (non-hydrogen) atoms. The molecule has 0 unspecified atom stereocenters. The van der Waals surface area contributed by atoms with Gasteiger partial charge in [-0.1, -0.05) is 0 Å². The molecule has 0 fully saturated rings. The zero-order chi connectivity index (χ0) is 7.84. The molecule has 2 aromatic rings. The quantitative estimate of drug-likeness (QED) is 0.649. The maximum absolute atomic E-state index is 9.28. The lowest BCUT2D eigenvalue weighted by atomic mass is 10.3. The van der Waals surface area contributed by atoms with Gasteiger partial charge < -0.3 is 5.11 Å². The van der Waals surface area contributed by atoms with Crippen molar-refractivity contribution in [1.82, 2.24) is 4.98 Å². The van der Waals surface area contributed by atoms with E-state index >= 15 is 0 Å². The zero-order valence-electron chi connectivity index (χ0n) is 6.03. The van der Waals surface area contributed by atoms with Crippen LogP contribution in [0, 0.1) is 6.92 Å². The van der Waals surface area contributed by atoms with E-state index in [4.69, 9.17) is 0 Å². The Morgan fingerprint density at radius 1 is 1.55 bits per heavy atom. The standard InChI is InChI=1S/C8H7NOS/c1-5-4-6-7(11-5)2-3-9-8(6)10/h2-4H,1H3,(H,9,10). The summed E-state index contributed by atoms with van der Waals surface area (Å²) in [6, 6.07) is 3.86. The van der Waals surface area contributed by atoms with Crippen LogP contribution in [0.15, 0.2) is 18.3 Å². The van der Waals surface area contributed by atoms with Gasteiger partial charge in [0.2, 0.25) is 5.88 Å². The van der Waals surface area contributed by atoms with Crippen LogP contribution < -0.4 is 0 Å². The smallest absolute Gasteiger partial charge is 0.219 e. The number of aromatic hydroxyl groups is 1. The van der Waals surface area contributed by atoms with E-state index in [-0.39, 0.29) is 5.88 Å². The highest BCUT2D eigenvalue weighted by Crippen LogP contribution is 2.29. The highest BCUT2D eigenvalue weighted by atomic mass is 32.1. The van der Waals surface area contributed by atoms with Crippen molar-refractivity contribution in [3.8, 4) is 5.88 Å². The first-order valence-electron chi connectivity index (χ1n) is 3.31. The topological polar surface area (TPSA) is 33.1 Å². The average molecular weight is 165 g/mol. The molecule has 2 aromatic heterocycles. The molecule has 0 bridgehead atoms. The lowest BCUT2D eigenvalue weighted by Crippen LogP contribution is -1.70. The fraction of sp³-hybridized carbons (Fsp3) is 0.125. The van der Waals surface area contributed by atoms with Gasteiger partial charge in [-0.2, -0.15) is 0 Å². The van der Waals surface area contributed by atoms with Crippen molar-refractivity contribution >= 4 is 21.4 Å². The first kappa shape index (κ1) is 6.61. The molecule has 0 aliphatic carbocycles. The predicted octanol–water partition coefficient (Wildman–Crippen LogP) is 2.31. The molecule has 0 saturated carbocycles. The maximum Gasteiger partial charge on any atom is 0.219 e. The van der Waals surface area contributed by atoms with Crippen molar-refractivity contribution in [3.05, 3.63) is 23.2 Å². The summed E-state index contributed by atoms with van der Waals surface area (Å²) in [4.78, 5) is 4.98. The third-order valence-corrected chi connectivity index (χ3v) is 2.56. The van der Waals surface area contributed by atoms with E-state index in [2.05, 4.69) is 4.98 Å². The lowest BCUT2D eigenvalue weighted by molar-refractivity contribution is 0.460. The molecule has 0 amide bonds. The number of thiophene rings is 1. The Kier molecular flexibility index (Phi) is 1.32. The number of fused-ring (bicyclic) bond motifs is 1. The number of aryl methyl sites for hydroxylation is 1. The van der Waals surface area contributed by atoms with E-state index < -0.39 is 0 Å². The van der Waals surface area contributed by atoms with Crippen molar-refractivity contribution in [2.75, 3.05) is 0 Å². The Bertz CT molecular complexity index is 394. The van der Waals surface area contributed by atoms with Gasteiger partial charge in [-0.05, 0) is 19.1 Å². The van der Waals surface area contributed by atoms with Crippen molar-refractivity contribution in [2.45, 2.75) is 6.92 Å². The van der Waals surface area contributed by atoms with Crippen LogP contribution in [0.4, 0.5) is 0 Å². The van der Waals surface area contributed by atoms with Crippen LogP contribution in [-0.2, 0) is 0 Å². The summed E-state index contributed by atoms with van der Waals surface area (Å²) in [5.41, 5.74) is 0. The number of aromatic nitrogens is 1. The normalized spacial score (nSPS) is 10.6. The molecule has 1 N–H and O–H groups in total. The summed E-state index contributed by atoms with van der Waals surface area (Å²) in [5.74, 6) is 0.131. The first-order chi connectivity index (χ1) is 5.27. The van der Waals surface area contributed by atoms with E-state index in [0.717, 1.165) is 10.1 Å². The average Bonchev–Trinajstić information content (AvgIpc) is 2.31. The van der Waals surface area contributed by atoms with Crippen molar-refractivity contribution < 1.29 is 5.11 Å². The maximum atomic E-state index is 9.28. The van der Waals surface area contributed by atoms with Crippen molar-refractivity contribution in [2.24, 2.45) is 0 Å². The van der Waals surface area contributed by atoms with Crippen LogP contribution in [0.2, 0.25) is 0 Å². The minimum Gasteiger partial charge on any atom is -0.493 e. The number of rotatable bonds is 0. The molecule has 2 rings (SSSR count). The van der Waals surface area contributed by atoms with Crippen LogP contribution in [0.1, 0.15) is 4.88 Å². The molecular formula is C8H7NOS. The number of nitrogens with zero attached hydrogens (tertiary/aromatic N) is 1. The monoisotopic (exact) mass is 165 g/mol. The van der Waals surface area contributed by atoms with E-state index in [1.54, 1.807) is 17.5 Å². The third-order valence-electron chi connectivity index (χ3n) is 1.55. The molecule has 0 radical (unpaired) electrons. The molecule has 0 saturated heterocycles. The summed E-state index contributed by atoms with van der Waals surface area (Å²) >= 11 is 1.67. The largest absolute Gasteiger partial charge is 0.493 e. The number of hydrogen-bond donors (Lipinski definition) is 1. The van der Waals surface area contributed by atoms with Gasteiger partial charge in [-0.15, -0.1) is 11.3 Å². The van der Waals surface area contributed by atoms with Crippen LogP contribution in [0.3, 0.4) is 0 Å². The molecule has 56 valence electrons. The number of pyridine rings is 1. The van der Waals surface area contributed by atoms with Gasteiger partial charge >= 0.3 is 0 Å². The molecule has 0 spiro atoms. The predicted molar refractivity (Wildman–Crippen MR) is 46.0 cm³/mol. The zero-order valence-corrected chi connectivity index (χ0v) is 6.85. The lowest BCUT2D eigenvalue weighted by Gasteiger charge is -1.89. The second-order valence-corrected chi connectivity index (χ2v) is 3.69. The van der Waals surface area contributed by atoms with Gasteiger partial charge in [-0.25, -0.2) is 4.98 Å². The molecule has 0 aromatic carbocycles. The minimum atomic E-state index is 0.131. The van der Waals surface area contributed by atoms with Crippen LogP contribution in [-0.4, -0.2) is 10.1 Å². The van der Waals surface area contributed by atoms with Gasteiger partial charge in [0, 0.05) is 15.8 Å². The fourth-order valence-corrected chi connectivity index (χ4v) is 1.99. The fourth-order valence-electron chi connectivity index (χ4n) is 1.08. The second kappa shape index (κ2) is 2.20. The summed E-state index contributed by atoms with van der Waals surface area (Å²) in [6.07, 6.45) is 1.62. The van der Waals surface area contributed by atoms with Crippen molar-refractivity contribution in [1.29, 1.82) is 0 Å². The molecule has 2 nitrogen and oxygen atoms in total. The Hall–Kier alpha value is -1.09. The van der Waals surface area contributed by atoms with Crippen LogP contribution in [0.25, 0.3) is 10.1 Å². The molecular weight excluding hydrogens is 158 g/mol. The molecule has 3 heteroatoms. The summed E-state index contributed by atoms with van der Waals surface area (Å²) < 4.78 is 1.09. The van der Waals surface area contributed by atoms with Gasteiger partial charge in [-0.3, -0.25) is 0 Å². The SMILES string of the molecule is Cc1cc2c(O)nccc2s1. The van der Waals surface area contributed by atoms with Crippen LogP contribution in [0.5, 0.6) is 5.88 Å². The summed E-state index contributed by atoms with van der Waals surface area (Å²) in [5, 5.41) is 10.1. The Morgan fingerprint density at radius 2 is 2.36 bits per heavy atom. The Morgan fingerprint density at radius 3 is 3.09 bits per heavy atom. The van der Waals surface area contributed by atoms with E-state index in [1.165, 1.54) is 4.88 Å². The first-order valence-corrected chi connectivity index (χ1v) is 4.13. The molecule has 0 aliphatic rings. The van der Waals surface area contributed by atoms with Gasteiger partial charge in [0.1, 0.15) is 0 Å². The van der Waals surface area contributed by atoms with Gasteiger partial charge in [0.15, 0.2) is 0 Å². The minimum absolute atomic E-state index is 0.131. The highest BCUT2D eigenvalue weighted by Gasteiger charge is 2.02. The molecule has 0 atom stereocenters. The number of hydrogen-bond acceptors (Lipinski definition) is 3. The van der Waals surface area contributed by atoms with Crippen LogP contribution >= 0.6 is 11.3 Å². The Balaban J connectivity index is 2.90. The Labute approximate surface area is 68.1 Å². The molecule has 0 aliphatic heterocycles. The van der Waals surface area contributed by atoms with E-state index in [0.29, 0.717) is 0 Å². The summed E-state index contributed by atoms with van der Waals surface area (Å²) in [7, 11) is 0. The molecule has 2 heterocycles. The van der Waals surface area contributed by atoms with E-state index in [1.807, 2.05) is 19.1 Å². The van der Waals surface area contributed by atoms with Gasteiger partial charge in [0.25, 0.3) is 0 Å². The van der Waals surface area contributed by atoms with Crippen molar-refractivity contribution in [3.63, 3.8) is 0 Å². The van der Waals surface area contributed by atoms with Gasteiger partial charge in [0.05, 0.1) is 5.39 Å².